The largest absolute Gasteiger partial charge is 0.550 e. The van der Waals surface area contributed by atoms with E-state index in [1.807, 2.05) is 6.92 Å². The summed E-state index contributed by atoms with van der Waals surface area (Å²) in [5, 5.41) is 33.2. The lowest BCUT2D eigenvalue weighted by Gasteiger charge is -2.42. The Morgan fingerprint density at radius 3 is 1.19 bits per heavy atom. The summed E-state index contributed by atoms with van der Waals surface area (Å²) in [5.41, 5.74) is 7.22. The molecule has 10 heteroatoms. The Balaban J connectivity index is 1.71. The van der Waals surface area contributed by atoms with Gasteiger partial charge in [0, 0.05) is 107 Å². The molecule has 0 amide bonds. The van der Waals surface area contributed by atoms with Crippen molar-refractivity contribution in [3.05, 3.63) is 94.6 Å². The first-order chi connectivity index (χ1) is 40.3. The van der Waals surface area contributed by atoms with E-state index in [2.05, 4.69) is 168 Å². The molecule has 2 aliphatic carbocycles. The highest BCUT2D eigenvalue weighted by Gasteiger charge is 2.41. The van der Waals surface area contributed by atoms with E-state index in [0.717, 1.165) is 177 Å². The van der Waals surface area contributed by atoms with Gasteiger partial charge in [-0.3, -0.25) is 0 Å². The van der Waals surface area contributed by atoms with E-state index < -0.39 is 35.6 Å². The molecule has 2 heterocycles. The van der Waals surface area contributed by atoms with Gasteiger partial charge in [0.05, 0.1) is 12.1 Å². The Morgan fingerprint density at radius 1 is 0.446 bits per heavy atom. The molecule has 2 aliphatic heterocycles. The summed E-state index contributed by atoms with van der Waals surface area (Å²) in [7, 11) is 0. The number of carboxylic acid groups (broad SMARTS) is 2. The van der Waals surface area contributed by atoms with Crippen molar-refractivity contribution in [2.75, 3.05) is 62.2 Å². The van der Waals surface area contributed by atoms with Crippen molar-refractivity contribution in [1.82, 2.24) is 9.15 Å². The highest BCUT2D eigenvalue weighted by atomic mass is 16.4. The fraction of sp³-hybridized carbons (Fsp3) is 0.616. The van der Waals surface area contributed by atoms with Crippen LogP contribution in [0.3, 0.4) is 0 Å². The van der Waals surface area contributed by atoms with Gasteiger partial charge in [-0.25, -0.2) is 9.15 Å². The number of hydrogen-bond acceptors (Lipinski definition) is 8. The zero-order valence-corrected chi connectivity index (χ0v) is 53.7. The molecular weight excluding hydrogens is 1030 g/mol. The summed E-state index contributed by atoms with van der Waals surface area (Å²) in [5.74, 6) is -4.18. The fourth-order valence-corrected chi connectivity index (χ4v) is 14.3. The summed E-state index contributed by atoms with van der Waals surface area (Å²) in [4.78, 5) is 34.0. The van der Waals surface area contributed by atoms with Crippen LogP contribution < -0.4 is 39.9 Å². The van der Waals surface area contributed by atoms with Crippen molar-refractivity contribution in [3.63, 3.8) is 0 Å². The molecule has 2 aromatic rings. The summed E-state index contributed by atoms with van der Waals surface area (Å²) in [6.45, 7) is 32.6. The monoisotopic (exact) mass is 1140 g/mol. The molecule has 83 heavy (non-hydrogen) atoms. The molecule has 6 rings (SSSR count). The molecule has 0 saturated carbocycles. The van der Waals surface area contributed by atoms with Crippen molar-refractivity contribution in [3.8, 4) is 22.6 Å². The van der Waals surface area contributed by atoms with Crippen LogP contribution in [0.5, 0.6) is 0 Å². The SMILES string of the molecule is CCCCCCCCCCC(CC(C(=O)[O-])C(c1c2ccc(=[N+](CC)CC)cc-2oc2cc(N(CC)CC)ccc12)C(CC)CCCCCCCC)C(c1c2ccc(=[N+](CC)CC)cc-2oc2cc(N(CC)CC)ccc12)C(CC)C(=O)[O-]. The van der Waals surface area contributed by atoms with Crippen LogP contribution in [-0.2, 0) is 9.59 Å². The molecule has 0 saturated heterocycles. The van der Waals surface area contributed by atoms with Gasteiger partial charge >= 0.3 is 0 Å². The quantitative estimate of drug-likeness (QED) is 0.0214. The number of hydrogen-bond donors (Lipinski definition) is 0. The van der Waals surface area contributed by atoms with Crippen molar-refractivity contribution < 1.29 is 28.6 Å². The van der Waals surface area contributed by atoms with Crippen molar-refractivity contribution in [2.24, 2.45) is 23.7 Å². The molecule has 6 unspecified atom stereocenters. The van der Waals surface area contributed by atoms with Crippen molar-refractivity contribution >= 4 is 45.3 Å². The topological polar surface area (TPSA) is 119 Å². The second kappa shape index (κ2) is 33.7. The van der Waals surface area contributed by atoms with Gasteiger partial charge in [-0.1, -0.05) is 124 Å². The molecule has 0 spiro atoms. The van der Waals surface area contributed by atoms with E-state index >= 15 is 9.90 Å². The highest BCUT2D eigenvalue weighted by molar-refractivity contribution is 5.93. The van der Waals surface area contributed by atoms with Gasteiger partial charge in [0.15, 0.2) is 0 Å². The summed E-state index contributed by atoms with van der Waals surface area (Å²) in [6.07, 6.45) is 18.6. The number of anilines is 2. The first-order valence-corrected chi connectivity index (χ1v) is 33.4. The second-order valence-corrected chi connectivity index (χ2v) is 23.7. The number of unbranched alkanes of at least 4 members (excludes halogenated alkanes) is 12. The minimum Gasteiger partial charge on any atom is -0.550 e. The standard InChI is InChI=1S/C73H108N4O6/c1-13-25-27-29-31-32-34-36-38-53(69(58(16-4)72(78)79)71-61-45-41-56(76(21-9)22-10)50-66(61)83-67-51-57(42-46-62(67)71)77(23-11)24-12)47-63(73(80)81)68(52(15-3)37-35-33-30-28-26-14-2)70-59-43-39-54(74(17-5)18-6)48-64(59)82-65-49-55(40-44-60(65)70)75(19-7)20-8/h39-46,48-53,58,63,68-69H,13-38,47H2,1-12H3. The summed E-state index contributed by atoms with van der Waals surface area (Å²) < 4.78 is 18.8. The molecule has 456 valence electrons. The molecule has 0 N–H and O–H groups in total. The van der Waals surface area contributed by atoms with Gasteiger partial charge in [0.25, 0.3) is 0 Å². The number of nitrogens with zero attached hydrogens (tertiary/aromatic N) is 4. The first kappa shape index (κ1) is 66.5. The molecular formula is C73H108N4O6. The van der Waals surface area contributed by atoms with Crippen LogP contribution in [0.2, 0.25) is 0 Å². The average Bonchev–Trinajstić information content (AvgIpc) is 1.72. The number of rotatable bonds is 38. The molecule has 0 bridgehead atoms. The molecule has 6 atom stereocenters. The lowest BCUT2D eigenvalue weighted by molar-refractivity contribution is -0.313. The Kier molecular flexibility index (Phi) is 27.0. The number of carbonyl (C=O) groups excluding carboxylic acids is 2. The van der Waals surface area contributed by atoms with Gasteiger partial charge in [0.1, 0.15) is 48.9 Å². The minimum atomic E-state index is -1.11. The van der Waals surface area contributed by atoms with Gasteiger partial charge in [0.2, 0.25) is 10.7 Å². The Labute approximate surface area is 500 Å². The van der Waals surface area contributed by atoms with Crippen LogP contribution >= 0.6 is 0 Å². The zero-order valence-electron chi connectivity index (χ0n) is 53.7. The molecule has 0 radical (unpaired) electrons. The number of fused-ring (bicyclic) bond motifs is 4. The number of carbonyl (C=O) groups is 2. The number of carboxylic acids is 2. The lowest BCUT2D eigenvalue weighted by atomic mass is 9.64. The number of benzene rings is 4. The van der Waals surface area contributed by atoms with Gasteiger partial charge < -0.3 is 38.4 Å². The van der Waals surface area contributed by atoms with Crippen LogP contribution in [0.1, 0.15) is 228 Å². The maximum atomic E-state index is 15.1. The third kappa shape index (κ3) is 16.4. The average molecular weight is 1140 g/mol. The van der Waals surface area contributed by atoms with E-state index in [9.17, 15) is 9.90 Å². The smallest absolute Gasteiger partial charge is 0.203 e. The summed E-state index contributed by atoms with van der Waals surface area (Å²) >= 11 is 0. The molecule has 0 fully saturated rings. The normalized spacial score (nSPS) is 14.0. The maximum absolute atomic E-state index is 15.1. The van der Waals surface area contributed by atoms with E-state index in [0.29, 0.717) is 24.2 Å². The Morgan fingerprint density at radius 2 is 0.831 bits per heavy atom. The molecule has 0 aromatic heterocycles. The van der Waals surface area contributed by atoms with Crippen molar-refractivity contribution in [1.29, 1.82) is 0 Å². The van der Waals surface area contributed by atoms with Gasteiger partial charge in [-0.2, -0.15) is 0 Å². The van der Waals surface area contributed by atoms with Crippen LogP contribution in [0.25, 0.3) is 44.6 Å². The maximum Gasteiger partial charge on any atom is 0.203 e. The highest BCUT2D eigenvalue weighted by Crippen LogP contribution is 2.53. The summed E-state index contributed by atoms with van der Waals surface area (Å²) in [6, 6.07) is 25.9. The van der Waals surface area contributed by atoms with E-state index in [1.165, 1.54) is 44.9 Å². The van der Waals surface area contributed by atoms with Crippen LogP contribution in [-0.4, -0.2) is 64.3 Å². The van der Waals surface area contributed by atoms with Crippen LogP contribution in [0, 0.1) is 23.7 Å². The molecule has 2 aromatic carbocycles. The third-order valence-electron chi connectivity index (χ3n) is 19.0. The Bertz CT molecular complexity index is 3020. The second-order valence-electron chi connectivity index (χ2n) is 23.7. The fourth-order valence-electron chi connectivity index (χ4n) is 14.3. The Hall–Kier alpha value is -5.64. The van der Waals surface area contributed by atoms with E-state index in [4.69, 9.17) is 8.83 Å². The molecule has 4 aliphatic rings. The van der Waals surface area contributed by atoms with E-state index in [-0.39, 0.29) is 18.3 Å². The minimum absolute atomic E-state index is 0.0256. The van der Waals surface area contributed by atoms with Crippen LogP contribution in [0.4, 0.5) is 11.4 Å². The predicted octanol–water partition coefficient (Wildman–Crippen LogP) is 15.0. The molecule has 10 nitrogen and oxygen atoms in total. The first-order valence-electron chi connectivity index (χ1n) is 33.4. The number of aliphatic carboxylic acids is 2. The van der Waals surface area contributed by atoms with Crippen molar-refractivity contribution in [2.45, 2.75) is 217 Å². The zero-order chi connectivity index (χ0) is 60.0. The van der Waals surface area contributed by atoms with Crippen LogP contribution in [0.15, 0.2) is 81.6 Å². The predicted molar refractivity (Wildman–Crippen MR) is 345 cm³/mol. The third-order valence-corrected chi connectivity index (χ3v) is 19.0. The van der Waals surface area contributed by atoms with Gasteiger partial charge in [-0.05, 0) is 152 Å². The van der Waals surface area contributed by atoms with E-state index in [1.54, 1.807) is 0 Å². The van der Waals surface area contributed by atoms with Gasteiger partial charge in [-0.15, -0.1) is 0 Å². The lowest BCUT2D eigenvalue weighted by Crippen LogP contribution is -2.42.